The van der Waals surface area contributed by atoms with E-state index in [1.54, 1.807) is 24.3 Å². The molecule has 0 aromatic heterocycles. The molecule has 6 heteroatoms. The summed E-state index contributed by atoms with van der Waals surface area (Å²) < 4.78 is -0.212. The first-order valence-electron chi connectivity index (χ1n) is 8.62. The van der Waals surface area contributed by atoms with Crippen molar-refractivity contribution in [3.8, 4) is 0 Å². The van der Waals surface area contributed by atoms with Crippen LogP contribution in [0.15, 0.2) is 48.5 Å². The number of hydrogen-bond acceptors (Lipinski definition) is 4. The molecular weight excluding hydrogens is 407 g/mol. The predicted molar refractivity (Wildman–Crippen MR) is 114 cm³/mol. The first kappa shape index (κ1) is 20.4. The van der Waals surface area contributed by atoms with E-state index < -0.39 is 12.2 Å². The average Bonchev–Trinajstić information content (AvgIpc) is 2.63. The molecule has 26 heavy (non-hydrogen) atoms. The summed E-state index contributed by atoms with van der Waals surface area (Å²) in [5.74, 6) is 2.10. The van der Waals surface area contributed by atoms with Crippen LogP contribution in [0.25, 0.3) is 0 Å². The summed E-state index contributed by atoms with van der Waals surface area (Å²) in [6, 6.07) is 14.7. The van der Waals surface area contributed by atoms with Gasteiger partial charge in [0.05, 0.1) is 16.3 Å². The molecule has 1 heterocycles. The van der Waals surface area contributed by atoms with Crippen molar-refractivity contribution >= 4 is 46.7 Å². The largest absolute Gasteiger partial charge is 0.388 e. The Balaban J connectivity index is 1.75. The monoisotopic (exact) mass is 428 g/mol. The number of benzene rings is 2. The first-order valence-corrected chi connectivity index (χ1v) is 11.4. The molecule has 1 fully saturated rings. The fourth-order valence-corrected chi connectivity index (χ4v) is 6.82. The van der Waals surface area contributed by atoms with Crippen molar-refractivity contribution in [2.45, 2.75) is 35.5 Å². The van der Waals surface area contributed by atoms with E-state index >= 15 is 0 Å². The Kier molecular flexibility index (Phi) is 7.23. The molecule has 2 aromatic carbocycles. The molecule has 0 radical (unpaired) electrons. The van der Waals surface area contributed by atoms with E-state index in [-0.39, 0.29) is 4.08 Å². The molecule has 2 nitrogen and oxygen atoms in total. The molecule has 2 aromatic rings. The number of aliphatic hydroxyl groups excluding tert-OH is 2. The van der Waals surface area contributed by atoms with Gasteiger partial charge in [-0.25, -0.2) is 0 Å². The van der Waals surface area contributed by atoms with Crippen LogP contribution in [0, 0.1) is 0 Å². The average molecular weight is 429 g/mol. The van der Waals surface area contributed by atoms with Gasteiger partial charge in [0.15, 0.2) is 0 Å². The van der Waals surface area contributed by atoms with Gasteiger partial charge in [0.1, 0.15) is 0 Å². The number of thioether (sulfide) groups is 2. The van der Waals surface area contributed by atoms with Gasteiger partial charge in [0.2, 0.25) is 0 Å². The molecule has 0 bridgehead atoms. The molecule has 2 N–H and O–H groups in total. The molecule has 2 atom stereocenters. The van der Waals surface area contributed by atoms with E-state index in [1.165, 1.54) is 0 Å². The smallest absolute Gasteiger partial charge is 0.0811 e. The number of hydrogen-bond donors (Lipinski definition) is 2. The molecule has 3 rings (SSSR count). The van der Waals surface area contributed by atoms with Gasteiger partial charge in [-0.15, -0.1) is 23.5 Å². The quantitative estimate of drug-likeness (QED) is 0.582. The van der Waals surface area contributed by atoms with E-state index in [2.05, 4.69) is 0 Å². The summed E-state index contributed by atoms with van der Waals surface area (Å²) in [6.45, 7) is 0. The highest BCUT2D eigenvalue weighted by molar-refractivity contribution is 8.18. The zero-order valence-corrected chi connectivity index (χ0v) is 17.4. The molecule has 140 valence electrons. The van der Waals surface area contributed by atoms with Crippen LogP contribution in [0.2, 0.25) is 10.0 Å². The topological polar surface area (TPSA) is 40.5 Å². The number of rotatable bonds is 6. The lowest BCUT2D eigenvalue weighted by Gasteiger charge is -2.39. The van der Waals surface area contributed by atoms with E-state index in [1.807, 2.05) is 47.8 Å². The van der Waals surface area contributed by atoms with Crippen LogP contribution >= 0.6 is 46.7 Å². The third-order valence-corrected chi connectivity index (χ3v) is 8.45. The van der Waals surface area contributed by atoms with Crippen LogP contribution in [-0.4, -0.2) is 25.8 Å². The van der Waals surface area contributed by atoms with Gasteiger partial charge in [-0.2, -0.15) is 0 Å². The van der Waals surface area contributed by atoms with Crippen LogP contribution in [-0.2, 0) is 0 Å². The maximum absolute atomic E-state index is 10.8. The van der Waals surface area contributed by atoms with Crippen LogP contribution < -0.4 is 0 Å². The third kappa shape index (κ3) is 5.34. The summed E-state index contributed by atoms with van der Waals surface area (Å²) in [6.07, 6.45) is 1.18. The van der Waals surface area contributed by atoms with Crippen LogP contribution in [0.3, 0.4) is 0 Å². The molecule has 0 aliphatic carbocycles. The van der Waals surface area contributed by atoms with Gasteiger partial charge in [-0.3, -0.25) is 0 Å². The maximum atomic E-state index is 10.8. The van der Waals surface area contributed by atoms with Gasteiger partial charge < -0.3 is 10.2 Å². The SMILES string of the molecule is O[C@@H](CC1(C[C@H](O)c2ccc(Cl)cc2)SCCCS1)c1ccc(Cl)cc1. The Bertz CT molecular complexity index is 645. The minimum atomic E-state index is -0.581. The van der Waals surface area contributed by atoms with Crippen molar-refractivity contribution in [2.75, 3.05) is 11.5 Å². The second kappa shape index (κ2) is 9.22. The van der Waals surface area contributed by atoms with Crippen molar-refractivity contribution in [1.82, 2.24) is 0 Å². The molecular formula is C20H22Cl2O2S2. The van der Waals surface area contributed by atoms with Gasteiger partial charge in [0.25, 0.3) is 0 Å². The van der Waals surface area contributed by atoms with Crippen LogP contribution in [0.1, 0.15) is 42.6 Å². The Labute approximate surface area is 173 Å². The van der Waals surface area contributed by atoms with Gasteiger partial charge in [-0.1, -0.05) is 47.5 Å². The predicted octanol–water partition coefficient (Wildman–Crippen LogP) is 6.11. The zero-order valence-electron chi connectivity index (χ0n) is 14.3. The van der Waals surface area contributed by atoms with Crippen molar-refractivity contribution in [2.24, 2.45) is 0 Å². The summed E-state index contributed by atoms with van der Waals surface area (Å²) >= 11 is 15.6. The van der Waals surface area contributed by atoms with Crippen molar-refractivity contribution < 1.29 is 10.2 Å². The van der Waals surface area contributed by atoms with Crippen molar-refractivity contribution in [1.29, 1.82) is 0 Å². The lowest BCUT2D eigenvalue weighted by atomic mass is 9.98. The second-order valence-corrected chi connectivity index (χ2v) is 10.6. The molecule has 1 aliphatic rings. The fraction of sp³-hybridized carbons (Fsp3) is 0.400. The summed E-state index contributed by atoms with van der Waals surface area (Å²) in [5.41, 5.74) is 1.73. The summed E-state index contributed by atoms with van der Waals surface area (Å²) in [4.78, 5) is 0. The van der Waals surface area contributed by atoms with Crippen molar-refractivity contribution in [3.63, 3.8) is 0 Å². The zero-order chi connectivity index (χ0) is 18.6. The van der Waals surface area contributed by atoms with Gasteiger partial charge >= 0.3 is 0 Å². The van der Waals surface area contributed by atoms with Crippen LogP contribution in [0.4, 0.5) is 0 Å². The highest BCUT2D eigenvalue weighted by Gasteiger charge is 2.38. The number of aliphatic hydroxyl groups is 2. The lowest BCUT2D eigenvalue weighted by molar-refractivity contribution is 0.133. The van der Waals surface area contributed by atoms with Gasteiger partial charge in [0, 0.05) is 22.9 Å². The molecule has 0 saturated carbocycles. The highest BCUT2D eigenvalue weighted by Crippen LogP contribution is 2.52. The Morgan fingerprint density at radius 1 is 0.769 bits per heavy atom. The van der Waals surface area contributed by atoms with E-state index in [0.29, 0.717) is 22.9 Å². The van der Waals surface area contributed by atoms with Gasteiger partial charge in [-0.05, 0) is 53.3 Å². The first-order chi connectivity index (χ1) is 12.5. The number of halogens is 2. The summed E-state index contributed by atoms with van der Waals surface area (Å²) in [5, 5.41) is 22.9. The minimum absolute atomic E-state index is 0.212. The Morgan fingerprint density at radius 3 is 1.54 bits per heavy atom. The Hall–Kier alpha value is -0.360. The van der Waals surface area contributed by atoms with Crippen LogP contribution in [0.5, 0.6) is 0 Å². The molecule has 1 aliphatic heterocycles. The van der Waals surface area contributed by atoms with E-state index in [9.17, 15) is 10.2 Å². The summed E-state index contributed by atoms with van der Waals surface area (Å²) in [7, 11) is 0. The normalized spacial score (nSPS) is 19.1. The second-order valence-electron chi connectivity index (χ2n) is 6.50. The third-order valence-electron chi connectivity index (χ3n) is 4.54. The highest BCUT2D eigenvalue weighted by atomic mass is 35.5. The minimum Gasteiger partial charge on any atom is -0.388 e. The molecule has 0 amide bonds. The van der Waals surface area contributed by atoms with E-state index in [4.69, 9.17) is 23.2 Å². The van der Waals surface area contributed by atoms with Crippen molar-refractivity contribution in [3.05, 3.63) is 69.7 Å². The van der Waals surface area contributed by atoms with E-state index in [0.717, 1.165) is 29.1 Å². The maximum Gasteiger partial charge on any atom is 0.0811 e. The molecule has 1 saturated heterocycles. The lowest BCUT2D eigenvalue weighted by Crippen LogP contribution is -2.30. The standard InChI is InChI=1S/C20H22Cl2O2S2/c21-16-6-2-14(3-7-16)18(23)12-20(25-10-1-11-26-20)13-19(24)15-4-8-17(22)9-5-15/h2-9,18-19,23-24H,1,10-13H2/t18-,19-/m0/s1. The molecule has 0 spiro atoms. The Morgan fingerprint density at radius 2 is 1.15 bits per heavy atom. The fourth-order valence-electron chi connectivity index (χ4n) is 3.13. The molecule has 0 unspecified atom stereocenters.